The fraction of sp³-hybridized carbons (Fsp3) is 0.105. The normalized spacial score (nSPS) is 10.8. The van der Waals surface area contributed by atoms with Gasteiger partial charge in [0.2, 0.25) is 5.95 Å². The van der Waals surface area contributed by atoms with Gasteiger partial charge in [-0.2, -0.15) is 10.1 Å². The lowest BCUT2D eigenvalue weighted by Gasteiger charge is -2.07. The molecular weight excluding hydrogens is 328 g/mol. The van der Waals surface area contributed by atoms with Gasteiger partial charge in [0.15, 0.2) is 0 Å². The molecule has 0 aliphatic carbocycles. The van der Waals surface area contributed by atoms with Crippen molar-refractivity contribution in [1.29, 1.82) is 0 Å². The Hall–Kier alpha value is -3.61. The van der Waals surface area contributed by atoms with E-state index in [4.69, 9.17) is 10.5 Å². The first-order valence-corrected chi connectivity index (χ1v) is 8.30. The van der Waals surface area contributed by atoms with Crippen molar-refractivity contribution in [3.8, 4) is 17.0 Å². The second kappa shape index (κ2) is 6.72. The standard InChI is InChI=1S/C19H18N6O/c1-2-26-14-5-3-4-12(10-14)18-15-11-13(6-7-16(15)24-25-18)22-17-8-9-21-19(20)23-17/h3-11H,2H2,1H3,(H,24,25)(H3,20,21,22,23). The summed E-state index contributed by atoms with van der Waals surface area (Å²) < 4.78 is 5.59. The smallest absolute Gasteiger partial charge is 0.221 e. The predicted octanol–water partition coefficient (Wildman–Crippen LogP) is 3.74. The molecule has 0 saturated heterocycles. The van der Waals surface area contributed by atoms with Crippen molar-refractivity contribution < 1.29 is 4.74 Å². The number of benzene rings is 2. The van der Waals surface area contributed by atoms with Gasteiger partial charge in [0, 0.05) is 22.8 Å². The molecule has 130 valence electrons. The van der Waals surface area contributed by atoms with Crippen LogP contribution in [0.15, 0.2) is 54.7 Å². The fourth-order valence-electron chi connectivity index (χ4n) is 2.80. The van der Waals surface area contributed by atoms with E-state index in [0.29, 0.717) is 12.4 Å². The van der Waals surface area contributed by atoms with Gasteiger partial charge in [-0.05, 0) is 43.3 Å². The zero-order valence-electron chi connectivity index (χ0n) is 14.2. The highest BCUT2D eigenvalue weighted by molar-refractivity contribution is 5.95. The molecule has 0 aliphatic rings. The first-order valence-electron chi connectivity index (χ1n) is 8.30. The number of hydrogen-bond acceptors (Lipinski definition) is 6. The van der Waals surface area contributed by atoms with Crippen LogP contribution >= 0.6 is 0 Å². The lowest BCUT2D eigenvalue weighted by Crippen LogP contribution is -1.98. The molecule has 2 heterocycles. The molecule has 26 heavy (non-hydrogen) atoms. The van der Waals surface area contributed by atoms with Gasteiger partial charge in [0.25, 0.3) is 0 Å². The van der Waals surface area contributed by atoms with Gasteiger partial charge in [-0.1, -0.05) is 12.1 Å². The Labute approximate surface area is 150 Å². The van der Waals surface area contributed by atoms with Gasteiger partial charge in [-0.15, -0.1) is 0 Å². The highest BCUT2D eigenvalue weighted by Crippen LogP contribution is 2.31. The summed E-state index contributed by atoms with van der Waals surface area (Å²) in [5.41, 5.74) is 9.34. The summed E-state index contributed by atoms with van der Waals surface area (Å²) in [6.07, 6.45) is 1.62. The van der Waals surface area contributed by atoms with Crippen LogP contribution in [0.5, 0.6) is 5.75 Å². The molecule has 4 N–H and O–H groups in total. The Morgan fingerprint density at radius 3 is 2.92 bits per heavy atom. The molecule has 0 fully saturated rings. The van der Waals surface area contributed by atoms with Crippen LogP contribution in [-0.2, 0) is 0 Å². The molecule has 7 heteroatoms. The minimum absolute atomic E-state index is 0.229. The maximum atomic E-state index is 5.64. The molecule has 0 radical (unpaired) electrons. The molecule has 2 aromatic carbocycles. The van der Waals surface area contributed by atoms with Crippen molar-refractivity contribution in [1.82, 2.24) is 20.2 Å². The Bertz CT molecular complexity index is 1060. The number of aromatic amines is 1. The number of H-pyrrole nitrogens is 1. The van der Waals surface area contributed by atoms with Crippen LogP contribution in [0.2, 0.25) is 0 Å². The molecule has 7 nitrogen and oxygen atoms in total. The van der Waals surface area contributed by atoms with Crippen LogP contribution in [0, 0.1) is 0 Å². The molecule has 0 unspecified atom stereocenters. The second-order valence-corrected chi connectivity index (χ2v) is 5.72. The van der Waals surface area contributed by atoms with Crippen LogP contribution in [-0.4, -0.2) is 26.8 Å². The number of anilines is 3. The van der Waals surface area contributed by atoms with E-state index < -0.39 is 0 Å². The number of nitrogen functional groups attached to an aromatic ring is 1. The van der Waals surface area contributed by atoms with Crippen molar-refractivity contribution in [3.63, 3.8) is 0 Å². The largest absolute Gasteiger partial charge is 0.494 e. The third kappa shape index (κ3) is 3.14. The van der Waals surface area contributed by atoms with E-state index in [9.17, 15) is 0 Å². The van der Waals surface area contributed by atoms with Crippen molar-refractivity contribution in [2.75, 3.05) is 17.7 Å². The van der Waals surface area contributed by atoms with Crippen LogP contribution < -0.4 is 15.8 Å². The number of aromatic nitrogens is 4. The lowest BCUT2D eigenvalue weighted by atomic mass is 10.1. The maximum Gasteiger partial charge on any atom is 0.221 e. The van der Waals surface area contributed by atoms with E-state index in [-0.39, 0.29) is 5.95 Å². The van der Waals surface area contributed by atoms with Crippen molar-refractivity contribution in [2.45, 2.75) is 6.92 Å². The monoisotopic (exact) mass is 346 g/mol. The molecule has 0 amide bonds. The number of hydrogen-bond donors (Lipinski definition) is 3. The number of nitrogens with zero attached hydrogens (tertiary/aromatic N) is 3. The van der Waals surface area contributed by atoms with Crippen LogP contribution in [0.1, 0.15) is 6.92 Å². The molecule has 4 aromatic rings. The van der Waals surface area contributed by atoms with E-state index in [1.54, 1.807) is 12.3 Å². The van der Waals surface area contributed by atoms with Gasteiger partial charge < -0.3 is 15.8 Å². The summed E-state index contributed by atoms with van der Waals surface area (Å²) in [5.74, 6) is 1.69. The predicted molar refractivity (Wildman–Crippen MR) is 102 cm³/mol. The molecule has 0 atom stereocenters. The van der Waals surface area contributed by atoms with Crippen molar-refractivity contribution in [3.05, 3.63) is 54.7 Å². The number of rotatable bonds is 5. The Morgan fingerprint density at radius 1 is 1.15 bits per heavy atom. The average Bonchev–Trinajstić information content (AvgIpc) is 3.05. The molecule has 2 aromatic heterocycles. The number of ether oxygens (including phenoxy) is 1. The molecule has 0 aliphatic heterocycles. The third-order valence-corrected chi connectivity index (χ3v) is 3.93. The summed E-state index contributed by atoms with van der Waals surface area (Å²) in [7, 11) is 0. The summed E-state index contributed by atoms with van der Waals surface area (Å²) in [6.45, 7) is 2.59. The first kappa shape index (κ1) is 15.9. The molecule has 0 bridgehead atoms. The third-order valence-electron chi connectivity index (χ3n) is 3.93. The Kier molecular flexibility index (Phi) is 4.10. The summed E-state index contributed by atoms with van der Waals surface area (Å²) >= 11 is 0. The van der Waals surface area contributed by atoms with Gasteiger partial charge in [-0.25, -0.2) is 4.98 Å². The SMILES string of the molecule is CCOc1cccc(-c2n[nH]c3ccc(Nc4ccnc(N)n4)cc23)c1. The van der Waals surface area contributed by atoms with E-state index in [2.05, 4.69) is 25.5 Å². The topological polar surface area (TPSA) is 102 Å². The summed E-state index contributed by atoms with van der Waals surface area (Å²) in [4.78, 5) is 8.06. The fourth-order valence-corrected chi connectivity index (χ4v) is 2.80. The van der Waals surface area contributed by atoms with Crippen LogP contribution in [0.4, 0.5) is 17.5 Å². The first-order chi connectivity index (χ1) is 12.7. The zero-order valence-corrected chi connectivity index (χ0v) is 14.2. The minimum Gasteiger partial charge on any atom is -0.494 e. The van der Waals surface area contributed by atoms with Crippen molar-refractivity contribution in [2.24, 2.45) is 0 Å². The van der Waals surface area contributed by atoms with Gasteiger partial charge in [0.05, 0.1) is 12.1 Å². The number of fused-ring (bicyclic) bond motifs is 1. The summed E-state index contributed by atoms with van der Waals surface area (Å²) in [5, 5.41) is 11.8. The maximum absolute atomic E-state index is 5.64. The highest BCUT2D eigenvalue weighted by atomic mass is 16.5. The number of nitrogens with two attached hydrogens (primary N) is 1. The quantitative estimate of drug-likeness (QED) is 0.509. The van der Waals surface area contributed by atoms with Gasteiger partial charge in [-0.3, -0.25) is 5.10 Å². The Morgan fingerprint density at radius 2 is 2.08 bits per heavy atom. The average molecular weight is 346 g/mol. The van der Waals surface area contributed by atoms with E-state index in [0.717, 1.165) is 33.6 Å². The van der Waals surface area contributed by atoms with E-state index in [1.165, 1.54) is 0 Å². The highest BCUT2D eigenvalue weighted by Gasteiger charge is 2.10. The zero-order chi connectivity index (χ0) is 17.9. The second-order valence-electron chi connectivity index (χ2n) is 5.72. The van der Waals surface area contributed by atoms with Gasteiger partial charge in [0.1, 0.15) is 17.3 Å². The molecule has 0 saturated carbocycles. The van der Waals surface area contributed by atoms with Crippen LogP contribution in [0.25, 0.3) is 22.2 Å². The lowest BCUT2D eigenvalue weighted by molar-refractivity contribution is 0.340. The van der Waals surface area contributed by atoms with E-state index in [1.807, 2.05) is 49.4 Å². The van der Waals surface area contributed by atoms with Gasteiger partial charge >= 0.3 is 0 Å². The van der Waals surface area contributed by atoms with E-state index >= 15 is 0 Å². The number of nitrogens with one attached hydrogen (secondary N) is 2. The van der Waals surface area contributed by atoms with Crippen molar-refractivity contribution >= 4 is 28.4 Å². The molecule has 0 spiro atoms. The molecule has 4 rings (SSSR count). The minimum atomic E-state index is 0.229. The van der Waals surface area contributed by atoms with Crippen LogP contribution in [0.3, 0.4) is 0 Å². The molecular formula is C19H18N6O. The summed E-state index contributed by atoms with van der Waals surface area (Å²) in [6, 6.07) is 15.6. The Balaban J connectivity index is 1.72.